The van der Waals surface area contributed by atoms with E-state index in [0.717, 1.165) is 31.6 Å². The third-order valence-electron chi connectivity index (χ3n) is 4.75. The van der Waals surface area contributed by atoms with E-state index < -0.39 is 5.97 Å². The number of aliphatic carboxylic acids is 1. The van der Waals surface area contributed by atoms with Gasteiger partial charge in [0.1, 0.15) is 0 Å². The number of hydrogen-bond acceptors (Lipinski definition) is 1. The van der Waals surface area contributed by atoms with Crippen molar-refractivity contribution in [3.05, 3.63) is 24.3 Å². The molecule has 0 atom stereocenters. The highest BCUT2D eigenvalue weighted by atomic mass is 16.4. The average Bonchev–Trinajstić information content (AvgIpc) is 2.59. The molecule has 0 aromatic carbocycles. The predicted octanol–water partition coefficient (Wildman–Crippen LogP) is 8.08. The normalized spacial score (nSPS) is 12.0. The van der Waals surface area contributed by atoms with Gasteiger partial charge in [0.05, 0.1) is 0 Å². The van der Waals surface area contributed by atoms with E-state index in [9.17, 15) is 4.79 Å². The van der Waals surface area contributed by atoms with Gasteiger partial charge in [-0.2, -0.15) is 0 Å². The van der Waals surface area contributed by atoms with Gasteiger partial charge in [-0.05, 0) is 44.4 Å². The van der Waals surface area contributed by atoms with Crippen molar-refractivity contribution in [2.45, 2.75) is 117 Å². The van der Waals surface area contributed by atoms with Crippen LogP contribution >= 0.6 is 0 Å². The van der Waals surface area contributed by atoms with Crippen molar-refractivity contribution in [1.82, 2.24) is 0 Å². The van der Waals surface area contributed by atoms with Crippen LogP contribution in [0.5, 0.6) is 0 Å². The van der Waals surface area contributed by atoms with Crippen LogP contribution in [0.25, 0.3) is 0 Å². The molecule has 0 aliphatic heterocycles. The molecule has 0 spiro atoms. The van der Waals surface area contributed by atoms with Gasteiger partial charge in [-0.25, -0.2) is 0 Å². The molecule has 0 saturated heterocycles. The molecule has 2 heteroatoms. The van der Waals surface area contributed by atoms with Crippen molar-refractivity contribution >= 4 is 5.97 Å². The monoisotopic (exact) mass is 364 g/mol. The lowest BCUT2D eigenvalue weighted by Gasteiger charge is -2.04. The quantitative estimate of drug-likeness (QED) is 0.186. The molecule has 0 radical (unpaired) electrons. The Hall–Kier alpha value is -1.05. The van der Waals surface area contributed by atoms with Crippen LogP contribution < -0.4 is 0 Å². The smallest absolute Gasteiger partial charge is 0.303 e. The van der Waals surface area contributed by atoms with Gasteiger partial charge in [0.2, 0.25) is 0 Å². The van der Waals surface area contributed by atoms with Crippen molar-refractivity contribution < 1.29 is 9.90 Å². The standard InChI is InChI=1S/C24H44O2/c1-23(2)21-19-17-15-13-11-9-7-5-3-4-6-8-10-12-14-16-18-20-22-24(25)26/h6,8,14,16,23H,3-5,7,9-13,15,17-22H2,1-2H3,(H,25,26)/b8-6-,16-14-. The van der Waals surface area contributed by atoms with Gasteiger partial charge in [0.25, 0.3) is 0 Å². The first kappa shape index (κ1) is 24.9. The fraction of sp³-hybridized carbons (Fsp3) is 0.792. The lowest BCUT2D eigenvalue weighted by molar-refractivity contribution is -0.137. The Labute approximate surface area is 163 Å². The van der Waals surface area contributed by atoms with E-state index in [1.54, 1.807) is 0 Å². The minimum atomic E-state index is -0.696. The summed E-state index contributed by atoms with van der Waals surface area (Å²) < 4.78 is 0. The zero-order valence-corrected chi connectivity index (χ0v) is 17.6. The first-order valence-electron chi connectivity index (χ1n) is 11.1. The van der Waals surface area contributed by atoms with Gasteiger partial charge in [-0.1, -0.05) is 95.9 Å². The van der Waals surface area contributed by atoms with Crippen LogP contribution in [0.15, 0.2) is 24.3 Å². The van der Waals surface area contributed by atoms with E-state index in [1.165, 1.54) is 70.6 Å². The lowest BCUT2D eigenvalue weighted by Crippen LogP contribution is -1.92. The Bertz CT molecular complexity index is 355. The highest BCUT2D eigenvalue weighted by Gasteiger charge is 1.95. The van der Waals surface area contributed by atoms with Crippen molar-refractivity contribution in [2.24, 2.45) is 5.92 Å². The van der Waals surface area contributed by atoms with Crippen molar-refractivity contribution in [1.29, 1.82) is 0 Å². The molecule has 0 amide bonds. The zero-order valence-electron chi connectivity index (χ0n) is 17.6. The maximum Gasteiger partial charge on any atom is 0.303 e. The summed E-state index contributed by atoms with van der Waals surface area (Å²) in [5.41, 5.74) is 0. The van der Waals surface area contributed by atoms with E-state index in [0.29, 0.717) is 0 Å². The van der Waals surface area contributed by atoms with Crippen LogP contribution in [-0.4, -0.2) is 11.1 Å². The van der Waals surface area contributed by atoms with Gasteiger partial charge < -0.3 is 5.11 Å². The molecule has 2 nitrogen and oxygen atoms in total. The molecule has 0 rings (SSSR count). The SMILES string of the molecule is CC(C)CCCCCCCCCCC/C=C\CC/C=C\CCCC(=O)O. The second-order valence-corrected chi connectivity index (χ2v) is 7.96. The van der Waals surface area contributed by atoms with Crippen LogP contribution in [-0.2, 0) is 4.79 Å². The third kappa shape index (κ3) is 22.9. The van der Waals surface area contributed by atoms with Gasteiger partial charge in [-0.3, -0.25) is 4.79 Å². The number of carboxylic acid groups (broad SMARTS) is 1. The summed E-state index contributed by atoms with van der Waals surface area (Å²) in [5.74, 6) is 0.175. The molecule has 1 N–H and O–H groups in total. The molecule has 0 aliphatic carbocycles. The van der Waals surface area contributed by atoms with Crippen molar-refractivity contribution in [2.75, 3.05) is 0 Å². The molecule has 0 aromatic rings. The molecular weight excluding hydrogens is 320 g/mol. The predicted molar refractivity (Wildman–Crippen MR) is 115 cm³/mol. The highest BCUT2D eigenvalue weighted by molar-refractivity contribution is 5.66. The Morgan fingerprint density at radius 2 is 1.08 bits per heavy atom. The average molecular weight is 365 g/mol. The zero-order chi connectivity index (χ0) is 19.3. The molecule has 0 unspecified atom stereocenters. The van der Waals surface area contributed by atoms with E-state index in [1.807, 2.05) is 0 Å². The Balaban J connectivity index is 3.17. The van der Waals surface area contributed by atoms with Crippen LogP contribution in [0, 0.1) is 5.92 Å². The fourth-order valence-corrected chi connectivity index (χ4v) is 3.09. The molecule has 0 heterocycles. The first-order chi connectivity index (χ1) is 12.6. The van der Waals surface area contributed by atoms with Crippen LogP contribution in [0.3, 0.4) is 0 Å². The second-order valence-electron chi connectivity index (χ2n) is 7.96. The topological polar surface area (TPSA) is 37.3 Å². The molecule has 0 aromatic heterocycles. The van der Waals surface area contributed by atoms with Gasteiger partial charge in [0.15, 0.2) is 0 Å². The summed E-state index contributed by atoms with van der Waals surface area (Å²) >= 11 is 0. The van der Waals surface area contributed by atoms with Gasteiger partial charge in [-0.15, -0.1) is 0 Å². The summed E-state index contributed by atoms with van der Waals surface area (Å²) in [4.78, 5) is 10.4. The van der Waals surface area contributed by atoms with Crippen LogP contribution in [0.4, 0.5) is 0 Å². The molecule has 0 aliphatic rings. The minimum Gasteiger partial charge on any atom is -0.481 e. The minimum absolute atomic E-state index is 0.280. The number of allylic oxidation sites excluding steroid dienone is 4. The molecule has 26 heavy (non-hydrogen) atoms. The van der Waals surface area contributed by atoms with E-state index in [4.69, 9.17) is 5.11 Å². The van der Waals surface area contributed by atoms with E-state index >= 15 is 0 Å². The first-order valence-corrected chi connectivity index (χ1v) is 11.1. The van der Waals surface area contributed by atoms with E-state index in [-0.39, 0.29) is 6.42 Å². The summed E-state index contributed by atoms with van der Waals surface area (Å²) in [6.07, 6.45) is 28.3. The summed E-state index contributed by atoms with van der Waals surface area (Å²) in [5, 5.41) is 8.54. The maximum absolute atomic E-state index is 10.4. The number of carboxylic acids is 1. The number of carbonyl (C=O) groups is 1. The molecule has 0 fully saturated rings. The number of rotatable bonds is 19. The summed E-state index contributed by atoms with van der Waals surface area (Å²) in [6.45, 7) is 4.64. The van der Waals surface area contributed by atoms with E-state index in [2.05, 4.69) is 38.2 Å². The van der Waals surface area contributed by atoms with Crippen LogP contribution in [0.2, 0.25) is 0 Å². The van der Waals surface area contributed by atoms with Crippen molar-refractivity contribution in [3.8, 4) is 0 Å². The van der Waals surface area contributed by atoms with Crippen molar-refractivity contribution in [3.63, 3.8) is 0 Å². The third-order valence-corrected chi connectivity index (χ3v) is 4.75. The number of unbranched alkanes of at least 4 members (excludes halogenated alkanes) is 11. The Morgan fingerprint density at radius 1 is 0.654 bits per heavy atom. The van der Waals surface area contributed by atoms with Gasteiger partial charge in [0, 0.05) is 6.42 Å². The summed E-state index contributed by atoms with van der Waals surface area (Å²) in [7, 11) is 0. The highest BCUT2D eigenvalue weighted by Crippen LogP contribution is 2.13. The Morgan fingerprint density at radius 3 is 1.58 bits per heavy atom. The molecule has 152 valence electrons. The maximum atomic E-state index is 10.4. The fourth-order valence-electron chi connectivity index (χ4n) is 3.09. The lowest BCUT2D eigenvalue weighted by atomic mass is 10.0. The summed E-state index contributed by atoms with van der Waals surface area (Å²) in [6, 6.07) is 0. The Kier molecular flexibility index (Phi) is 19.4. The van der Waals surface area contributed by atoms with Gasteiger partial charge >= 0.3 is 5.97 Å². The molecular formula is C24H44O2. The second kappa shape index (κ2) is 20.3. The van der Waals surface area contributed by atoms with Crippen LogP contribution in [0.1, 0.15) is 117 Å². The molecule has 0 saturated carbocycles. The molecule has 0 bridgehead atoms. The number of hydrogen-bond donors (Lipinski definition) is 1. The largest absolute Gasteiger partial charge is 0.481 e.